The lowest BCUT2D eigenvalue weighted by atomic mass is 9.78. The van der Waals surface area contributed by atoms with Crippen molar-refractivity contribution in [3.63, 3.8) is 0 Å². The first-order valence-corrected chi connectivity index (χ1v) is 7.25. The molecule has 1 fully saturated rings. The van der Waals surface area contributed by atoms with Gasteiger partial charge in [0.15, 0.2) is 5.03 Å². The molecule has 1 saturated carbocycles. The van der Waals surface area contributed by atoms with E-state index in [0.717, 1.165) is 19.3 Å². The number of aromatic nitrogens is 2. The quantitative estimate of drug-likeness (QED) is 0.781. The summed E-state index contributed by atoms with van der Waals surface area (Å²) in [5.41, 5.74) is 5.18. The monoisotopic (exact) mass is 258 g/mol. The Morgan fingerprint density at radius 2 is 2.29 bits per heavy atom. The zero-order chi connectivity index (χ0) is 12.5. The average Bonchev–Trinajstić information content (AvgIpc) is 2.72. The van der Waals surface area contributed by atoms with Gasteiger partial charge in [-0.2, -0.15) is 0 Å². The minimum Gasteiger partial charge on any atom is -0.336 e. The minimum absolute atomic E-state index is 0.0686. The van der Waals surface area contributed by atoms with E-state index in [1.165, 1.54) is 12.5 Å². The lowest BCUT2D eigenvalue weighted by molar-refractivity contribution is 0.230. The summed E-state index contributed by atoms with van der Waals surface area (Å²) >= 11 is 0. The molecule has 0 spiro atoms. The minimum atomic E-state index is -3.54. The van der Waals surface area contributed by atoms with E-state index in [0.29, 0.717) is 13.1 Å². The second-order valence-electron chi connectivity index (χ2n) is 4.49. The number of nitrogens with zero attached hydrogens (tertiary/aromatic N) is 2. The van der Waals surface area contributed by atoms with Gasteiger partial charge in [0.2, 0.25) is 0 Å². The van der Waals surface area contributed by atoms with Crippen molar-refractivity contribution in [2.24, 2.45) is 5.73 Å². The Balaban J connectivity index is 2.18. The smallest absolute Gasteiger partial charge is 0.260 e. The van der Waals surface area contributed by atoms with E-state index in [1.807, 2.05) is 6.92 Å². The van der Waals surface area contributed by atoms with E-state index in [9.17, 15) is 8.42 Å². The number of nitrogens with two attached hydrogens (primary N) is 1. The highest BCUT2D eigenvalue weighted by molar-refractivity contribution is 7.89. The van der Waals surface area contributed by atoms with Crippen molar-refractivity contribution in [1.29, 1.82) is 0 Å². The fraction of sp³-hybridized carbons (Fsp3) is 0.700. The third kappa shape index (κ3) is 2.36. The number of sulfonamides is 1. The SMILES string of the molecule is CCn1cnc(S(=O)(=O)NC2(CN)CCC2)c1. The van der Waals surface area contributed by atoms with Crippen LogP contribution < -0.4 is 10.5 Å². The molecule has 17 heavy (non-hydrogen) atoms. The van der Waals surface area contributed by atoms with Crippen LogP contribution in [-0.4, -0.2) is 30.1 Å². The molecule has 0 aromatic carbocycles. The molecule has 1 aromatic heterocycles. The Morgan fingerprint density at radius 3 is 2.71 bits per heavy atom. The predicted octanol–water partition coefficient (Wildman–Crippen LogP) is 0.0627. The number of hydrogen-bond donors (Lipinski definition) is 2. The van der Waals surface area contributed by atoms with Gasteiger partial charge in [-0.25, -0.2) is 18.1 Å². The molecule has 2 rings (SSSR count). The maximum absolute atomic E-state index is 12.1. The third-order valence-electron chi connectivity index (χ3n) is 3.30. The van der Waals surface area contributed by atoms with E-state index >= 15 is 0 Å². The topological polar surface area (TPSA) is 90.0 Å². The predicted molar refractivity (Wildman–Crippen MR) is 63.9 cm³/mol. The van der Waals surface area contributed by atoms with Gasteiger partial charge >= 0.3 is 0 Å². The first kappa shape index (κ1) is 12.5. The Labute approximate surface area is 101 Å². The highest BCUT2D eigenvalue weighted by Crippen LogP contribution is 2.32. The van der Waals surface area contributed by atoms with Gasteiger partial charge in [-0.3, -0.25) is 0 Å². The number of imidazole rings is 1. The first-order valence-electron chi connectivity index (χ1n) is 5.77. The largest absolute Gasteiger partial charge is 0.336 e. The van der Waals surface area contributed by atoms with Crippen LogP contribution in [0.25, 0.3) is 0 Å². The molecule has 0 amide bonds. The lowest BCUT2D eigenvalue weighted by Gasteiger charge is -2.40. The Morgan fingerprint density at radius 1 is 1.59 bits per heavy atom. The van der Waals surface area contributed by atoms with Crippen LogP contribution in [0.5, 0.6) is 0 Å². The molecule has 0 unspecified atom stereocenters. The van der Waals surface area contributed by atoms with Gasteiger partial charge < -0.3 is 10.3 Å². The second-order valence-corrected chi connectivity index (χ2v) is 6.12. The molecular weight excluding hydrogens is 240 g/mol. The van der Waals surface area contributed by atoms with Crippen molar-refractivity contribution in [2.75, 3.05) is 6.54 Å². The van der Waals surface area contributed by atoms with Crippen LogP contribution in [0.2, 0.25) is 0 Å². The van der Waals surface area contributed by atoms with Gasteiger partial charge in [0, 0.05) is 24.8 Å². The van der Waals surface area contributed by atoms with Crippen LogP contribution in [-0.2, 0) is 16.6 Å². The van der Waals surface area contributed by atoms with Crippen LogP contribution in [0.1, 0.15) is 26.2 Å². The van der Waals surface area contributed by atoms with Crippen molar-refractivity contribution in [1.82, 2.24) is 14.3 Å². The molecule has 0 radical (unpaired) electrons. The molecule has 0 atom stereocenters. The molecule has 1 aliphatic carbocycles. The summed E-state index contributed by atoms with van der Waals surface area (Å²) in [6.07, 6.45) is 5.67. The van der Waals surface area contributed by atoms with E-state index in [4.69, 9.17) is 5.73 Å². The summed E-state index contributed by atoms with van der Waals surface area (Å²) in [6, 6.07) is 0. The zero-order valence-corrected chi connectivity index (χ0v) is 10.7. The Bertz CT molecular complexity index is 485. The molecule has 0 bridgehead atoms. The van der Waals surface area contributed by atoms with Crippen molar-refractivity contribution >= 4 is 10.0 Å². The van der Waals surface area contributed by atoms with Gasteiger partial charge in [-0.15, -0.1) is 0 Å². The van der Waals surface area contributed by atoms with Crippen molar-refractivity contribution in [3.05, 3.63) is 12.5 Å². The molecule has 1 aromatic rings. The molecule has 1 heterocycles. The average molecular weight is 258 g/mol. The Kier molecular flexibility index (Phi) is 3.24. The van der Waals surface area contributed by atoms with E-state index < -0.39 is 15.6 Å². The number of nitrogens with one attached hydrogen (secondary N) is 1. The van der Waals surface area contributed by atoms with Gasteiger partial charge in [0.25, 0.3) is 10.0 Å². The standard InChI is InChI=1S/C10H18N4O2S/c1-2-14-6-9(12-8-14)17(15,16)13-10(7-11)4-3-5-10/h6,8,13H,2-5,7,11H2,1H3. The summed E-state index contributed by atoms with van der Waals surface area (Å²) in [6.45, 7) is 2.96. The zero-order valence-electron chi connectivity index (χ0n) is 9.89. The number of aryl methyl sites for hydroxylation is 1. The van der Waals surface area contributed by atoms with Crippen LogP contribution in [0, 0.1) is 0 Å². The van der Waals surface area contributed by atoms with Crippen LogP contribution >= 0.6 is 0 Å². The maximum atomic E-state index is 12.1. The molecule has 1 aliphatic rings. The van der Waals surface area contributed by atoms with Crippen LogP contribution in [0.4, 0.5) is 0 Å². The van der Waals surface area contributed by atoms with Gasteiger partial charge in [0.05, 0.1) is 6.33 Å². The van der Waals surface area contributed by atoms with Crippen molar-refractivity contribution in [3.8, 4) is 0 Å². The van der Waals surface area contributed by atoms with Crippen LogP contribution in [0.3, 0.4) is 0 Å². The fourth-order valence-corrected chi connectivity index (χ4v) is 3.36. The molecule has 0 saturated heterocycles. The summed E-state index contributed by atoms with van der Waals surface area (Å²) < 4.78 is 28.6. The van der Waals surface area contributed by atoms with E-state index in [-0.39, 0.29) is 5.03 Å². The highest BCUT2D eigenvalue weighted by atomic mass is 32.2. The highest BCUT2D eigenvalue weighted by Gasteiger charge is 2.40. The fourth-order valence-electron chi connectivity index (χ4n) is 1.94. The molecular formula is C10H18N4O2S. The van der Waals surface area contributed by atoms with Gasteiger partial charge in [0.1, 0.15) is 0 Å². The Hall–Kier alpha value is -0.920. The molecule has 96 valence electrons. The van der Waals surface area contributed by atoms with Gasteiger partial charge in [-0.1, -0.05) is 0 Å². The maximum Gasteiger partial charge on any atom is 0.260 e. The molecule has 6 nitrogen and oxygen atoms in total. The van der Waals surface area contributed by atoms with Crippen LogP contribution in [0.15, 0.2) is 17.6 Å². The van der Waals surface area contributed by atoms with E-state index in [1.54, 1.807) is 4.57 Å². The van der Waals surface area contributed by atoms with E-state index in [2.05, 4.69) is 9.71 Å². The molecule has 3 N–H and O–H groups in total. The third-order valence-corrected chi connectivity index (χ3v) is 4.77. The molecule has 7 heteroatoms. The first-order chi connectivity index (χ1) is 8.01. The second kappa shape index (κ2) is 4.40. The van der Waals surface area contributed by atoms with Gasteiger partial charge in [-0.05, 0) is 26.2 Å². The summed E-state index contributed by atoms with van der Waals surface area (Å²) in [7, 11) is -3.54. The molecule has 0 aliphatic heterocycles. The van der Waals surface area contributed by atoms with Crippen molar-refractivity contribution in [2.45, 2.75) is 43.3 Å². The number of hydrogen-bond acceptors (Lipinski definition) is 4. The number of rotatable bonds is 5. The summed E-state index contributed by atoms with van der Waals surface area (Å²) in [5, 5.41) is 0.0686. The normalized spacial score (nSPS) is 18.9. The summed E-state index contributed by atoms with van der Waals surface area (Å²) in [4.78, 5) is 3.91. The lowest BCUT2D eigenvalue weighted by Crippen LogP contribution is -2.58. The summed E-state index contributed by atoms with van der Waals surface area (Å²) in [5.74, 6) is 0. The van der Waals surface area contributed by atoms with Crippen molar-refractivity contribution < 1.29 is 8.42 Å².